The Bertz CT molecular complexity index is 1300. The van der Waals surface area contributed by atoms with Gasteiger partial charge >= 0.3 is 12.2 Å². The van der Waals surface area contributed by atoms with Crippen molar-refractivity contribution in [2.24, 2.45) is 0 Å². The van der Waals surface area contributed by atoms with Crippen LogP contribution in [0.15, 0.2) is 36.4 Å². The minimum atomic E-state index is -4.67. The van der Waals surface area contributed by atoms with E-state index < -0.39 is 28.3 Å². The van der Waals surface area contributed by atoms with Crippen LogP contribution >= 0.6 is 11.6 Å². The predicted octanol–water partition coefficient (Wildman–Crippen LogP) is 6.71. The fourth-order valence-corrected chi connectivity index (χ4v) is 6.62. The van der Waals surface area contributed by atoms with Crippen LogP contribution in [-0.2, 0) is 11.6 Å². The molecule has 2 aliphatic rings. The third kappa shape index (κ3) is 5.29. The maximum absolute atomic E-state index is 13.6. The highest BCUT2D eigenvalue weighted by molar-refractivity contribution is 6.31. The lowest BCUT2D eigenvalue weighted by Crippen LogP contribution is -2.61. The zero-order chi connectivity index (χ0) is 29.3. The molecule has 1 N–H and O–H groups in total. The maximum atomic E-state index is 13.6. The van der Waals surface area contributed by atoms with Crippen molar-refractivity contribution in [1.82, 2.24) is 9.80 Å². The van der Waals surface area contributed by atoms with Crippen molar-refractivity contribution in [3.63, 3.8) is 0 Å². The Morgan fingerprint density at radius 2 is 1.90 bits per heavy atom. The molecule has 0 radical (unpaired) electrons. The van der Waals surface area contributed by atoms with Gasteiger partial charge in [0.15, 0.2) is 11.5 Å². The number of benzene rings is 2. The number of halogens is 4. The molecule has 1 aliphatic heterocycles. The molecule has 40 heavy (non-hydrogen) atoms. The Morgan fingerprint density at radius 1 is 1.18 bits per heavy atom. The summed E-state index contributed by atoms with van der Waals surface area (Å²) >= 11 is 5.76. The molecule has 1 saturated heterocycles. The Kier molecular flexibility index (Phi) is 8.48. The zero-order valence-electron chi connectivity index (χ0n) is 23.1. The van der Waals surface area contributed by atoms with E-state index in [-0.39, 0.29) is 23.7 Å². The average molecular weight is 579 g/mol. The van der Waals surface area contributed by atoms with E-state index in [2.05, 4.69) is 16.3 Å². The summed E-state index contributed by atoms with van der Waals surface area (Å²) < 4.78 is 51.2. The van der Waals surface area contributed by atoms with Gasteiger partial charge in [-0.1, -0.05) is 24.6 Å². The Balaban J connectivity index is 1.66. The van der Waals surface area contributed by atoms with E-state index in [1.54, 1.807) is 14.2 Å². The van der Waals surface area contributed by atoms with Crippen LogP contribution in [0.5, 0.6) is 11.5 Å². The van der Waals surface area contributed by atoms with E-state index in [9.17, 15) is 23.2 Å². The number of carbonyl (C=O) groups excluding carboxylic acids is 1. The second-order valence-electron chi connectivity index (χ2n) is 10.6. The smallest absolute Gasteiger partial charge is 0.417 e. The number of alkyl halides is 3. The number of rotatable bonds is 7. The minimum absolute atomic E-state index is 0.0376. The first-order valence-corrected chi connectivity index (χ1v) is 13.6. The van der Waals surface area contributed by atoms with Crippen molar-refractivity contribution in [3.8, 4) is 17.6 Å². The van der Waals surface area contributed by atoms with Gasteiger partial charge in [-0.3, -0.25) is 0 Å². The van der Waals surface area contributed by atoms with Gasteiger partial charge in [0.05, 0.1) is 30.9 Å². The van der Waals surface area contributed by atoms with E-state index in [0.29, 0.717) is 37.2 Å². The molecule has 216 valence electrons. The van der Waals surface area contributed by atoms with Gasteiger partial charge < -0.3 is 24.6 Å². The lowest BCUT2D eigenvalue weighted by Gasteiger charge is -2.51. The Labute approximate surface area is 237 Å². The summed E-state index contributed by atoms with van der Waals surface area (Å²) in [4.78, 5) is 17.3. The number of amides is 2. The monoisotopic (exact) mass is 578 g/mol. The lowest BCUT2D eigenvalue weighted by atomic mass is 9.61. The summed E-state index contributed by atoms with van der Waals surface area (Å²) in [5.41, 5.74) is -1.36. The van der Waals surface area contributed by atoms with Crippen LogP contribution in [0.4, 0.5) is 23.7 Å². The van der Waals surface area contributed by atoms with Gasteiger partial charge in [0.1, 0.15) is 5.54 Å². The standard InChI is InChI=1S/C29H34ClF3N4O3/c1-5-13-37(26(38)35-20-7-8-22(30)21(16-20)29(31,32)33)27(18-34)10-11-28(12-14-36(2)25(28)17-27)19-6-9-23(39-3)24(15-19)40-4/h6-9,15-16,25H,5,10-14,17H2,1-4H3,(H,35,38)/t25-,27-,28-/m0/s1. The van der Waals surface area contributed by atoms with Crippen molar-refractivity contribution < 1.29 is 27.4 Å². The van der Waals surface area contributed by atoms with Crippen molar-refractivity contribution >= 4 is 23.3 Å². The molecule has 2 aromatic carbocycles. The zero-order valence-corrected chi connectivity index (χ0v) is 23.8. The fraction of sp³-hybridized carbons (Fsp3) is 0.517. The number of ether oxygens (including phenoxy) is 2. The average Bonchev–Trinajstić information content (AvgIpc) is 3.27. The lowest BCUT2D eigenvalue weighted by molar-refractivity contribution is -0.137. The molecule has 1 heterocycles. The Morgan fingerprint density at radius 3 is 2.52 bits per heavy atom. The molecule has 2 amide bonds. The quantitative estimate of drug-likeness (QED) is 0.395. The molecule has 11 heteroatoms. The predicted molar refractivity (Wildman–Crippen MR) is 147 cm³/mol. The number of carbonyl (C=O) groups is 1. The SMILES string of the molecule is CCCN(C(=O)Nc1ccc(Cl)c(C(F)(F)F)c1)[C@@]1(C#N)CC[C@@]2(c3ccc(OC)c(OC)c3)CCN(C)[C@H]2C1. The summed E-state index contributed by atoms with van der Waals surface area (Å²) in [6.45, 7) is 3.00. The maximum Gasteiger partial charge on any atom is 0.417 e. The largest absolute Gasteiger partial charge is 0.493 e. The fourth-order valence-electron chi connectivity index (χ4n) is 6.39. The summed E-state index contributed by atoms with van der Waals surface area (Å²) in [5.74, 6) is 1.27. The number of likely N-dealkylation sites (N-methyl/N-ethyl adjacent to an activating group) is 1. The van der Waals surface area contributed by atoms with Gasteiger partial charge in [0, 0.05) is 30.1 Å². The van der Waals surface area contributed by atoms with E-state index in [1.807, 2.05) is 32.2 Å². The van der Waals surface area contributed by atoms with Gasteiger partial charge in [0.25, 0.3) is 0 Å². The summed E-state index contributed by atoms with van der Waals surface area (Å²) in [6, 6.07) is 11.0. The number of anilines is 1. The number of nitrogens with one attached hydrogen (secondary N) is 1. The first kappa shape index (κ1) is 29.8. The number of urea groups is 1. The number of methoxy groups -OCH3 is 2. The highest BCUT2D eigenvalue weighted by atomic mass is 35.5. The summed E-state index contributed by atoms with van der Waals surface area (Å²) in [7, 11) is 5.21. The third-order valence-electron chi connectivity index (χ3n) is 8.49. The molecule has 2 fully saturated rings. The van der Waals surface area contributed by atoms with Crippen LogP contribution in [-0.4, -0.2) is 61.8 Å². The van der Waals surface area contributed by atoms with Gasteiger partial charge in [-0.25, -0.2) is 4.79 Å². The van der Waals surface area contributed by atoms with Crippen molar-refractivity contribution in [2.45, 2.75) is 62.2 Å². The van der Waals surface area contributed by atoms with E-state index in [1.165, 1.54) is 11.0 Å². The molecular weight excluding hydrogens is 545 g/mol. The minimum Gasteiger partial charge on any atom is -0.493 e. The van der Waals surface area contributed by atoms with Crippen LogP contribution in [0.3, 0.4) is 0 Å². The number of nitriles is 1. The van der Waals surface area contributed by atoms with Gasteiger partial charge in [-0.15, -0.1) is 0 Å². The highest BCUT2D eigenvalue weighted by Gasteiger charge is 2.57. The van der Waals surface area contributed by atoms with E-state index in [4.69, 9.17) is 21.1 Å². The number of hydrogen-bond donors (Lipinski definition) is 1. The number of nitrogens with zero attached hydrogens (tertiary/aromatic N) is 3. The molecule has 7 nitrogen and oxygen atoms in total. The molecule has 0 bridgehead atoms. The first-order valence-electron chi connectivity index (χ1n) is 13.2. The molecule has 0 aromatic heterocycles. The normalized spacial score (nSPS) is 24.6. The molecular formula is C29H34ClF3N4O3. The molecule has 1 saturated carbocycles. The highest BCUT2D eigenvalue weighted by Crippen LogP contribution is 2.53. The topological polar surface area (TPSA) is 77.8 Å². The third-order valence-corrected chi connectivity index (χ3v) is 8.82. The van der Waals surface area contributed by atoms with Crippen LogP contribution in [0, 0.1) is 11.3 Å². The molecule has 3 atom stereocenters. The number of likely N-dealkylation sites (tertiary alicyclic amines) is 1. The molecule has 0 spiro atoms. The Hall–Kier alpha value is -3.16. The van der Waals surface area contributed by atoms with Crippen LogP contribution in [0.25, 0.3) is 0 Å². The molecule has 0 unspecified atom stereocenters. The second kappa shape index (κ2) is 11.4. The van der Waals surface area contributed by atoms with Crippen molar-refractivity contribution in [1.29, 1.82) is 5.26 Å². The van der Waals surface area contributed by atoms with Gasteiger partial charge in [-0.05, 0) is 75.2 Å². The van der Waals surface area contributed by atoms with E-state index >= 15 is 0 Å². The first-order chi connectivity index (χ1) is 18.9. The second-order valence-corrected chi connectivity index (χ2v) is 11.0. The van der Waals surface area contributed by atoms with Crippen molar-refractivity contribution in [2.75, 3.05) is 39.7 Å². The van der Waals surface area contributed by atoms with Crippen molar-refractivity contribution in [3.05, 3.63) is 52.5 Å². The number of fused-ring (bicyclic) bond motifs is 1. The molecule has 2 aromatic rings. The molecule has 1 aliphatic carbocycles. The number of hydrogen-bond acceptors (Lipinski definition) is 5. The van der Waals surface area contributed by atoms with Crippen LogP contribution in [0.1, 0.15) is 50.2 Å². The summed E-state index contributed by atoms with van der Waals surface area (Å²) in [5, 5.41) is 12.7. The summed E-state index contributed by atoms with van der Waals surface area (Å²) in [6.07, 6.45) is -1.74. The van der Waals surface area contributed by atoms with Gasteiger partial charge in [-0.2, -0.15) is 18.4 Å². The van der Waals surface area contributed by atoms with Crippen LogP contribution in [0.2, 0.25) is 5.02 Å². The van der Waals surface area contributed by atoms with E-state index in [0.717, 1.165) is 30.7 Å². The van der Waals surface area contributed by atoms with Gasteiger partial charge in [0.2, 0.25) is 0 Å². The van der Waals surface area contributed by atoms with Crippen LogP contribution < -0.4 is 14.8 Å². The molecule has 4 rings (SSSR count).